The summed E-state index contributed by atoms with van der Waals surface area (Å²) in [5.41, 5.74) is 1.37. The third kappa shape index (κ3) is 3.54. The van der Waals surface area contributed by atoms with Gasteiger partial charge in [-0.2, -0.15) is 0 Å². The monoisotopic (exact) mass is 290 g/mol. The molecule has 2 aromatic rings. The van der Waals surface area contributed by atoms with Gasteiger partial charge in [-0.15, -0.1) is 11.3 Å². The van der Waals surface area contributed by atoms with E-state index in [1.807, 2.05) is 18.4 Å². The van der Waals surface area contributed by atoms with Gasteiger partial charge in [0.2, 0.25) is 0 Å². The molecule has 0 saturated carbocycles. The van der Waals surface area contributed by atoms with Crippen molar-refractivity contribution in [3.8, 4) is 0 Å². The SMILES string of the molecule is CCCNc1ccncc1C(=O)NC(C)c1nccs1. The number of amides is 1. The minimum atomic E-state index is -0.139. The van der Waals surface area contributed by atoms with Gasteiger partial charge in [0.1, 0.15) is 5.01 Å². The molecular weight excluding hydrogens is 272 g/mol. The molecular formula is C14H18N4OS. The second-order valence-electron chi connectivity index (χ2n) is 4.41. The fourth-order valence-corrected chi connectivity index (χ4v) is 2.42. The summed E-state index contributed by atoms with van der Waals surface area (Å²) >= 11 is 1.53. The third-order valence-corrected chi connectivity index (χ3v) is 3.76. The Hall–Kier alpha value is -1.95. The number of rotatable bonds is 6. The van der Waals surface area contributed by atoms with Gasteiger partial charge in [0.25, 0.3) is 5.91 Å². The molecule has 6 heteroatoms. The number of pyridine rings is 1. The molecule has 0 fully saturated rings. The van der Waals surface area contributed by atoms with Crippen LogP contribution in [0.15, 0.2) is 30.0 Å². The predicted octanol–water partition coefficient (Wildman–Crippen LogP) is 2.85. The molecule has 0 aromatic carbocycles. The second kappa shape index (κ2) is 7.00. The maximum Gasteiger partial charge on any atom is 0.255 e. The number of anilines is 1. The Kier molecular flexibility index (Phi) is 5.06. The Balaban J connectivity index is 2.09. The van der Waals surface area contributed by atoms with Gasteiger partial charge in [-0.05, 0) is 19.4 Å². The van der Waals surface area contributed by atoms with E-state index in [2.05, 4.69) is 27.5 Å². The van der Waals surface area contributed by atoms with Gasteiger partial charge in [-0.1, -0.05) is 6.92 Å². The fraction of sp³-hybridized carbons (Fsp3) is 0.357. The topological polar surface area (TPSA) is 66.9 Å². The number of nitrogens with one attached hydrogen (secondary N) is 2. The molecule has 0 aliphatic rings. The summed E-state index contributed by atoms with van der Waals surface area (Å²) in [7, 11) is 0. The van der Waals surface area contributed by atoms with E-state index >= 15 is 0 Å². The Morgan fingerprint density at radius 1 is 1.45 bits per heavy atom. The zero-order valence-corrected chi connectivity index (χ0v) is 12.4. The molecule has 0 aliphatic carbocycles. The van der Waals surface area contributed by atoms with Gasteiger partial charge in [0, 0.05) is 30.5 Å². The van der Waals surface area contributed by atoms with Crippen LogP contribution in [0.1, 0.15) is 41.7 Å². The molecule has 0 saturated heterocycles. The summed E-state index contributed by atoms with van der Waals surface area (Å²) in [5.74, 6) is -0.139. The average Bonchev–Trinajstić information content (AvgIpc) is 2.99. The van der Waals surface area contributed by atoms with E-state index in [0.717, 1.165) is 23.7 Å². The summed E-state index contributed by atoms with van der Waals surface area (Å²) in [5, 5.41) is 8.98. The van der Waals surface area contributed by atoms with E-state index in [0.29, 0.717) is 5.56 Å². The highest BCUT2D eigenvalue weighted by Gasteiger charge is 2.16. The number of thiazole rings is 1. The summed E-state index contributed by atoms with van der Waals surface area (Å²) in [6.07, 6.45) is 6.00. The first-order valence-electron chi connectivity index (χ1n) is 6.60. The molecule has 2 N–H and O–H groups in total. The van der Waals surface area contributed by atoms with Crippen molar-refractivity contribution < 1.29 is 4.79 Å². The highest BCUT2D eigenvalue weighted by atomic mass is 32.1. The van der Waals surface area contributed by atoms with Crippen molar-refractivity contribution >= 4 is 22.9 Å². The molecule has 0 radical (unpaired) electrons. The zero-order chi connectivity index (χ0) is 14.4. The summed E-state index contributed by atoms with van der Waals surface area (Å²) < 4.78 is 0. The molecule has 2 rings (SSSR count). The van der Waals surface area contributed by atoms with Crippen LogP contribution in [0.3, 0.4) is 0 Å². The van der Waals surface area contributed by atoms with Crippen LogP contribution in [0.4, 0.5) is 5.69 Å². The Morgan fingerprint density at radius 3 is 3.00 bits per heavy atom. The average molecular weight is 290 g/mol. The van der Waals surface area contributed by atoms with E-state index in [9.17, 15) is 4.79 Å². The van der Waals surface area contributed by atoms with Crippen LogP contribution in [-0.4, -0.2) is 22.4 Å². The van der Waals surface area contributed by atoms with Gasteiger partial charge in [0.15, 0.2) is 0 Å². The normalized spacial score (nSPS) is 11.9. The van der Waals surface area contributed by atoms with E-state index in [-0.39, 0.29) is 11.9 Å². The van der Waals surface area contributed by atoms with Crippen molar-refractivity contribution in [2.75, 3.05) is 11.9 Å². The Morgan fingerprint density at radius 2 is 2.30 bits per heavy atom. The van der Waals surface area contributed by atoms with E-state index in [4.69, 9.17) is 0 Å². The molecule has 2 heterocycles. The minimum Gasteiger partial charge on any atom is -0.384 e. The van der Waals surface area contributed by atoms with Crippen LogP contribution >= 0.6 is 11.3 Å². The van der Waals surface area contributed by atoms with Crippen LogP contribution in [0.2, 0.25) is 0 Å². The fourth-order valence-electron chi connectivity index (χ4n) is 1.77. The minimum absolute atomic E-state index is 0.110. The first-order chi connectivity index (χ1) is 9.72. The number of carbonyl (C=O) groups excluding carboxylic acids is 1. The largest absolute Gasteiger partial charge is 0.384 e. The molecule has 0 bridgehead atoms. The number of hydrogen-bond donors (Lipinski definition) is 2. The molecule has 2 aromatic heterocycles. The lowest BCUT2D eigenvalue weighted by molar-refractivity contribution is 0.0940. The number of hydrogen-bond acceptors (Lipinski definition) is 5. The first kappa shape index (κ1) is 14.5. The van der Waals surface area contributed by atoms with Crippen LogP contribution in [0, 0.1) is 0 Å². The maximum absolute atomic E-state index is 12.3. The quantitative estimate of drug-likeness (QED) is 0.858. The molecule has 5 nitrogen and oxygen atoms in total. The van der Waals surface area contributed by atoms with Gasteiger partial charge in [-0.3, -0.25) is 9.78 Å². The molecule has 1 amide bonds. The van der Waals surface area contributed by atoms with Crippen molar-refractivity contribution in [3.05, 3.63) is 40.6 Å². The van der Waals surface area contributed by atoms with Gasteiger partial charge in [0.05, 0.1) is 17.3 Å². The lowest BCUT2D eigenvalue weighted by Crippen LogP contribution is -2.27. The number of aromatic nitrogens is 2. The smallest absolute Gasteiger partial charge is 0.255 e. The zero-order valence-electron chi connectivity index (χ0n) is 11.6. The van der Waals surface area contributed by atoms with Crippen LogP contribution < -0.4 is 10.6 Å². The molecule has 0 spiro atoms. The summed E-state index contributed by atoms with van der Waals surface area (Å²) in [4.78, 5) is 20.6. The molecule has 1 atom stereocenters. The Bertz CT molecular complexity index is 556. The predicted molar refractivity (Wildman–Crippen MR) is 81.0 cm³/mol. The summed E-state index contributed by atoms with van der Waals surface area (Å²) in [6.45, 7) is 4.83. The van der Waals surface area contributed by atoms with Gasteiger partial charge in [-0.25, -0.2) is 4.98 Å². The van der Waals surface area contributed by atoms with E-state index in [1.54, 1.807) is 18.6 Å². The van der Waals surface area contributed by atoms with Crippen molar-refractivity contribution in [1.29, 1.82) is 0 Å². The van der Waals surface area contributed by atoms with Gasteiger partial charge < -0.3 is 10.6 Å². The van der Waals surface area contributed by atoms with Crippen LogP contribution in [-0.2, 0) is 0 Å². The highest BCUT2D eigenvalue weighted by Crippen LogP contribution is 2.18. The van der Waals surface area contributed by atoms with Crippen molar-refractivity contribution in [2.24, 2.45) is 0 Å². The van der Waals surface area contributed by atoms with Crippen molar-refractivity contribution in [1.82, 2.24) is 15.3 Å². The third-order valence-electron chi connectivity index (χ3n) is 2.80. The van der Waals surface area contributed by atoms with E-state index in [1.165, 1.54) is 11.3 Å². The molecule has 20 heavy (non-hydrogen) atoms. The molecule has 1 unspecified atom stereocenters. The Labute approximate surface area is 122 Å². The van der Waals surface area contributed by atoms with E-state index < -0.39 is 0 Å². The first-order valence-corrected chi connectivity index (χ1v) is 7.48. The lowest BCUT2D eigenvalue weighted by atomic mass is 10.2. The second-order valence-corrected chi connectivity index (χ2v) is 5.34. The van der Waals surface area contributed by atoms with Crippen molar-refractivity contribution in [3.63, 3.8) is 0 Å². The van der Waals surface area contributed by atoms with Crippen molar-refractivity contribution in [2.45, 2.75) is 26.3 Å². The lowest BCUT2D eigenvalue weighted by Gasteiger charge is -2.14. The van der Waals surface area contributed by atoms with Gasteiger partial charge >= 0.3 is 0 Å². The summed E-state index contributed by atoms with van der Waals surface area (Å²) in [6, 6.07) is 1.71. The maximum atomic E-state index is 12.3. The number of carbonyl (C=O) groups is 1. The highest BCUT2D eigenvalue weighted by molar-refractivity contribution is 7.09. The van der Waals surface area contributed by atoms with Crippen LogP contribution in [0.25, 0.3) is 0 Å². The molecule has 106 valence electrons. The number of nitrogens with zero attached hydrogens (tertiary/aromatic N) is 2. The van der Waals surface area contributed by atoms with Crippen LogP contribution in [0.5, 0.6) is 0 Å². The molecule has 0 aliphatic heterocycles. The standard InChI is InChI=1S/C14H18N4OS/c1-3-5-16-12-4-6-15-9-11(12)13(19)18-10(2)14-17-7-8-20-14/h4,6-10H,3,5H2,1-2H3,(H,15,16)(H,18,19).